The van der Waals surface area contributed by atoms with Gasteiger partial charge in [-0.15, -0.1) is 0 Å². The third-order valence-corrected chi connectivity index (χ3v) is 8.73. The van der Waals surface area contributed by atoms with Crippen molar-refractivity contribution in [2.45, 2.75) is 180 Å². The standard InChI is InChI=1S/C44H74N2O7/c1-3-5-7-9-11-13-14-15-16-17-18-19-20-22-24-26-32-36-43(50)53-39(33-29-25-23-21-12-10-8-6-4-2)34-30-27-28-31-35-41(48)45-37-42(49)46-40(38-47)44(51)52/h5,7,11,13,15-16,18-19,29,33,39-40,47H,3-4,6,8-10,12,14,17,20-28,30-32,34-38H2,1-2H3,(H,45,48)(H,46,49)(H,51,52)/b7-5-,13-11-,16-15-,19-18-,33-29-. The van der Waals surface area contributed by atoms with Crippen LogP contribution in [-0.4, -0.2) is 59.3 Å². The molecule has 2 amide bonds. The number of hydrogen-bond donors (Lipinski definition) is 4. The molecule has 2 unspecified atom stereocenters. The van der Waals surface area contributed by atoms with Gasteiger partial charge in [0.15, 0.2) is 0 Å². The molecule has 0 aromatic rings. The zero-order valence-corrected chi connectivity index (χ0v) is 33.2. The van der Waals surface area contributed by atoms with Gasteiger partial charge in [-0.3, -0.25) is 14.4 Å². The van der Waals surface area contributed by atoms with E-state index in [-0.39, 0.29) is 30.9 Å². The molecule has 0 saturated heterocycles. The average Bonchev–Trinajstić information content (AvgIpc) is 3.14. The minimum atomic E-state index is -1.39. The van der Waals surface area contributed by atoms with Gasteiger partial charge in [0.1, 0.15) is 12.1 Å². The summed E-state index contributed by atoms with van der Waals surface area (Å²) in [6.45, 7) is 3.32. The van der Waals surface area contributed by atoms with Crippen molar-refractivity contribution in [3.05, 3.63) is 60.8 Å². The van der Waals surface area contributed by atoms with Crippen LogP contribution in [0.4, 0.5) is 0 Å². The molecule has 0 heterocycles. The maximum atomic E-state index is 12.7. The number of carboxylic acid groups (broad SMARTS) is 1. The zero-order chi connectivity index (χ0) is 39.0. The monoisotopic (exact) mass is 743 g/mol. The van der Waals surface area contributed by atoms with Crippen LogP contribution in [-0.2, 0) is 23.9 Å². The summed E-state index contributed by atoms with van der Waals surface area (Å²) in [6, 6.07) is -1.39. The van der Waals surface area contributed by atoms with Crippen molar-refractivity contribution in [2.75, 3.05) is 13.2 Å². The van der Waals surface area contributed by atoms with Crippen LogP contribution >= 0.6 is 0 Å². The van der Waals surface area contributed by atoms with Crippen LogP contribution in [0.25, 0.3) is 0 Å². The quantitative estimate of drug-likeness (QED) is 0.0284. The number of aliphatic hydroxyl groups excluding tert-OH is 1. The molecule has 0 saturated carbocycles. The van der Waals surface area contributed by atoms with Crippen molar-refractivity contribution in [1.29, 1.82) is 0 Å². The van der Waals surface area contributed by atoms with Gasteiger partial charge in [-0.05, 0) is 83.1 Å². The number of esters is 1. The SMILES string of the molecule is CC/C=C\C/C=C\C/C=C\C/C=C\CCCCCCC(=O)OC(/C=C\CCCCCCCCC)CCCCCCC(=O)NCC(=O)NC(CO)C(=O)O. The number of hydrogen-bond acceptors (Lipinski definition) is 6. The Balaban J connectivity index is 4.37. The van der Waals surface area contributed by atoms with E-state index in [0.29, 0.717) is 12.8 Å². The third kappa shape index (κ3) is 35.3. The number of amides is 2. The normalized spacial score (nSPS) is 13.1. The van der Waals surface area contributed by atoms with Crippen molar-refractivity contribution in [3.63, 3.8) is 0 Å². The second kappa shape index (κ2) is 38.3. The predicted octanol–water partition coefficient (Wildman–Crippen LogP) is 9.76. The molecule has 9 heteroatoms. The fraction of sp³-hybridized carbons (Fsp3) is 0.682. The maximum absolute atomic E-state index is 12.7. The highest BCUT2D eigenvalue weighted by atomic mass is 16.5. The molecule has 0 fully saturated rings. The van der Waals surface area contributed by atoms with Crippen LogP contribution in [0.1, 0.15) is 168 Å². The van der Waals surface area contributed by atoms with Crippen molar-refractivity contribution < 1.29 is 34.1 Å². The number of ether oxygens (including phenoxy) is 1. The molecule has 0 spiro atoms. The Kier molecular flexibility index (Phi) is 35.8. The van der Waals surface area contributed by atoms with E-state index in [9.17, 15) is 19.2 Å². The lowest BCUT2D eigenvalue weighted by atomic mass is 10.1. The van der Waals surface area contributed by atoms with E-state index >= 15 is 0 Å². The number of carbonyl (C=O) groups is 4. The number of carboxylic acids is 1. The lowest BCUT2D eigenvalue weighted by molar-refractivity contribution is -0.147. The Bertz CT molecular complexity index is 1080. The Hall–Kier alpha value is -3.46. The van der Waals surface area contributed by atoms with E-state index < -0.39 is 24.5 Å². The van der Waals surface area contributed by atoms with Gasteiger partial charge in [-0.2, -0.15) is 0 Å². The lowest BCUT2D eigenvalue weighted by Gasteiger charge is -2.15. The van der Waals surface area contributed by atoms with Crippen molar-refractivity contribution in [3.8, 4) is 0 Å². The average molecular weight is 743 g/mol. The highest BCUT2D eigenvalue weighted by Crippen LogP contribution is 2.15. The molecule has 0 aliphatic heterocycles. The van der Waals surface area contributed by atoms with Crippen molar-refractivity contribution >= 4 is 23.8 Å². The molecule has 53 heavy (non-hydrogen) atoms. The predicted molar refractivity (Wildman–Crippen MR) is 217 cm³/mol. The van der Waals surface area contributed by atoms with Gasteiger partial charge in [0.25, 0.3) is 0 Å². The van der Waals surface area contributed by atoms with Crippen molar-refractivity contribution in [2.24, 2.45) is 0 Å². The molecule has 0 aliphatic carbocycles. The third-order valence-electron chi connectivity index (χ3n) is 8.73. The van der Waals surface area contributed by atoms with Gasteiger partial charge in [0, 0.05) is 12.8 Å². The number of aliphatic carboxylic acids is 1. The van der Waals surface area contributed by atoms with Crippen LogP contribution < -0.4 is 10.6 Å². The molecule has 0 radical (unpaired) electrons. The van der Waals surface area contributed by atoms with Crippen LogP contribution in [0.5, 0.6) is 0 Å². The van der Waals surface area contributed by atoms with E-state index in [1.54, 1.807) is 0 Å². The fourth-order valence-electron chi connectivity index (χ4n) is 5.55. The van der Waals surface area contributed by atoms with Crippen LogP contribution in [0.3, 0.4) is 0 Å². The van der Waals surface area contributed by atoms with E-state index in [1.807, 2.05) is 0 Å². The second-order valence-corrected chi connectivity index (χ2v) is 13.7. The highest BCUT2D eigenvalue weighted by Gasteiger charge is 2.18. The largest absolute Gasteiger partial charge is 0.480 e. The number of aliphatic hydroxyl groups is 1. The van der Waals surface area contributed by atoms with E-state index in [2.05, 4.69) is 85.2 Å². The van der Waals surface area contributed by atoms with Crippen LogP contribution in [0, 0.1) is 0 Å². The van der Waals surface area contributed by atoms with Gasteiger partial charge in [-0.1, -0.05) is 133 Å². The lowest BCUT2D eigenvalue weighted by Crippen LogP contribution is -2.47. The number of allylic oxidation sites excluding steroid dienone is 9. The first-order valence-electron chi connectivity index (χ1n) is 20.7. The molecule has 0 rings (SSSR count). The van der Waals surface area contributed by atoms with Gasteiger partial charge >= 0.3 is 11.9 Å². The summed E-state index contributed by atoms with van der Waals surface area (Å²) < 4.78 is 5.90. The summed E-state index contributed by atoms with van der Waals surface area (Å²) in [5.74, 6) is -2.43. The second-order valence-electron chi connectivity index (χ2n) is 13.7. The van der Waals surface area contributed by atoms with Gasteiger partial charge < -0.3 is 25.6 Å². The van der Waals surface area contributed by atoms with Crippen molar-refractivity contribution in [1.82, 2.24) is 10.6 Å². The molecule has 0 aromatic heterocycles. The van der Waals surface area contributed by atoms with E-state index in [0.717, 1.165) is 96.3 Å². The molecule has 2 atom stereocenters. The molecule has 0 aliphatic rings. The number of rotatable bonds is 36. The van der Waals surface area contributed by atoms with Gasteiger partial charge in [0.2, 0.25) is 11.8 Å². The van der Waals surface area contributed by atoms with Crippen LogP contribution in [0.2, 0.25) is 0 Å². The molecule has 0 bridgehead atoms. The highest BCUT2D eigenvalue weighted by molar-refractivity contribution is 5.87. The summed E-state index contributed by atoms with van der Waals surface area (Å²) in [5, 5.41) is 22.5. The first-order valence-corrected chi connectivity index (χ1v) is 20.7. The topological polar surface area (TPSA) is 142 Å². The summed E-state index contributed by atoms with van der Waals surface area (Å²) >= 11 is 0. The molecular formula is C44H74N2O7. The summed E-state index contributed by atoms with van der Waals surface area (Å²) in [7, 11) is 0. The minimum Gasteiger partial charge on any atom is -0.480 e. The smallest absolute Gasteiger partial charge is 0.328 e. The minimum absolute atomic E-state index is 0.135. The summed E-state index contributed by atoms with van der Waals surface area (Å²) in [5.41, 5.74) is 0. The first-order chi connectivity index (χ1) is 25.8. The first kappa shape index (κ1) is 49.5. The van der Waals surface area contributed by atoms with Gasteiger partial charge in [-0.25, -0.2) is 4.79 Å². The summed E-state index contributed by atoms with van der Waals surface area (Å²) in [4.78, 5) is 47.5. The molecule has 0 aromatic carbocycles. The zero-order valence-electron chi connectivity index (χ0n) is 33.2. The fourth-order valence-corrected chi connectivity index (χ4v) is 5.55. The number of carbonyl (C=O) groups excluding carboxylic acids is 3. The van der Waals surface area contributed by atoms with Crippen LogP contribution in [0.15, 0.2) is 60.8 Å². The molecular weight excluding hydrogens is 668 g/mol. The number of nitrogens with one attached hydrogen (secondary N) is 2. The number of unbranched alkanes of at least 4 members (excludes halogenated alkanes) is 14. The van der Waals surface area contributed by atoms with E-state index in [4.69, 9.17) is 14.9 Å². The Labute approximate surface area is 321 Å². The Morgan fingerprint density at radius 2 is 1.13 bits per heavy atom. The van der Waals surface area contributed by atoms with Gasteiger partial charge in [0.05, 0.1) is 13.2 Å². The molecule has 4 N–H and O–H groups in total. The Morgan fingerprint density at radius 3 is 1.74 bits per heavy atom. The summed E-state index contributed by atoms with van der Waals surface area (Å²) in [6.07, 6.45) is 45.4. The molecule has 9 nitrogen and oxygen atoms in total. The Morgan fingerprint density at radius 1 is 0.604 bits per heavy atom. The molecule has 302 valence electrons. The van der Waals surface area contributed by atoms with E-state index in [1.165, 1.54) is 38.5 Å². The maximum Gasteiger partial charge on any atom is 0.328 e.